The minimum absolute atomic E-state index is 0.433. The summed E-state index contributed by atoms with van der Waals surface area (Å²) in [5.41, 5.74) is 8.86. The largest absolute Gasteiger partial charge is 0.488 e. The van der Waals surface area contributed by atoms with Gasteiger partial charge in [-0.15, -0.1) is 0 Å². The maximum atomic E-state index is 11.4. The Kier molecular flexibility index (Phi) is 4.39. The normalized spacial score (nSPS) is 10.3. The average Bonchev–Trinajstić information content (AvgIpc) is 2.61. The third-order valence-corrected chi connectivity index (χ3v) is 3.59. The molecule has 0 aliphatic carbocycles. The number of nitrogens with two attached hydrogens (primary N) is 1. The maximum absolute atomic E-state index is 11.4. The molecule has 0 saturated heterocycles. The van der Waals surface area contributed by atoms with E-state index < -0.39 is 5.91 Å². The lowest BCUT2D eigenvalue weighted by Crippen LogP contribution is -2.11. The Labute approximate surface area is 135 Å². The smallest absolute Gasteiger partial charge is 0.248 e. The van der Waals surface area contributed by atoms with E-state index in [1.807, 2.05) is 66.7 Å². The summed E-state index contributed by atoms with van der Waals surface area (Å²) in [6, 6.07) is 25.1. The van der Waals surface area contributed by atoms with Gasteiger partial charge in [0, 0.05) is 11.1 Å². The molecule has 3 aromatic rings. The van der Waals surface area contributed by atoms with Crippen molar-refractivity contribution in [2.45, 2.75) is 6.61 Å². The topological polar surface area (TPSA) is 52.3 Å². The molecule has 0 fully saturated rings. The van der Waals surface area contributed by atoms with Crippen molar-refractivity contribution in [2.75, 3.05) is 0 Å². The Morgan fingerprint density at radius 3 is 2.17 bits per heavy atom. The van der Waals surface area contributed by atoms with Crippen LogP contribution >= 0.6 is 0 Å². The van der Waals surface area contributed by atoms with Crippen molar-refractivity contribution in [3.63, 3.8) is 0 Å². The Hall–Kier alpha value is -3.07. The van der Waals surface area contributed by atoms with Gasteiger partial charge >= 0.3 is 0 Å². The van der Waals surface area contributed by atoms with Crippen LogP contribution in [0.5, 0.6) is 5.75 Å². The fourth-order valence-electron chi connectivity index (χ4n) is 2.39. The molecule has 0 spiro atoms. The lowest BCUT2D eigenvalue weighted by molar-refractivity contribution is 0.1000. The molecule has 3 aromatic carbocycles. The minimum atomic E-state index is -0.464. The average molecular weight is 303 g/mol. The predicted octanol–water partition coefficient (Wildman–Crippen LogP) is 4.03. The highest BCUT2D eigenvalue weighted by Gasteiger charge is 2.10. The monoisotopic (exact) mass is 303 g/mol. The van der Waals surface area contributed by atoms with Crippen molar-refractivity contribution in [3.05, 3.63) is 90.0 Å². The molecule has 3 rings (SSSR count). The van der Waals surface area contributed by atoms with Gasteiger partial charge in [0.2, 0.25) is 5.91 Å². The van der Waals surface area contributed by atoms with E-state index in [9.17, 15) is 4.79 Å². The highest BCUT2D eigenvalue weighted by atomic mass is 16.5. The molecule has 0 unspecified atom stereocenters. The van der Waals surface area contributed by atoms with Crippen molar-refractivity contribution in [1.29, 1.82) is 0 Å². The van der Waals surface area contributed by atoms with Crippen LogP contribution in [0.3, 0.4) is 0 Å². The van der Waals surface area contributed by atoms with Crippen LogP contribution in [-0.2, 0) is 6.61 Å². The Bertz CT molecular complexity index is 798. The van der Waals surface area contributed by atoms with Gasteiger partial charge in [-0.2, -0.15) is 0 Å². The fourth-order valence-corrected chi connectivity index (χ4v) is 2.39. The van der Waals surface area contributed by atoms with Crippen LogP contribution in [0.4, 0.5) is 0 Å². The lowest BCUT2D eigenvalue weighted by Gasteiger charge is -2.13. The zero-order valence-corrected chi connectivity index (χ0v) is 12.6. The van der Waals surface area contributed by atoms with Crippen LogP contribution in [0.15, 0.2) is 78.9 Å². The van der Waals surface area contributed by atoms with Gasteiger partial charge in [-0.3, -0.25) is 4.79 Å². The van der Waals surface area contributed by atoms with Crippen LogP contribution in [-0.4, -0.2) is 5.91 Å². The molecule has 2 N–H and O–H groups in total. The van der Waals surface area contributed by atoms with Crippen LogP contribution in [0.25, 0.3) is 11.1 Å². The van der Waals surface area contributed by atoms with Gasteiger partial charge in [-0.25, -0.2) is 0 Å². The van der Waals surface area contributed by atoms with E-state index in [4.69, 9.17) is 10.5 Å². The van der Waals surface area contributed by atoms with Crippen molar-refractivity contribution < 1.29 is 9.53 Å². The predicted molar refractivity (Wildman–Crippen MR) is 91.2 cm³/mol. The molecule has 0 heterocycles. The number of hydrogen-bond donors (Lipinski definition) is 1. The van der Waals surface area contributed by atoms with Gasteiger partial charge in [0.25, 0.3) is 0 Å². The van der Waals surface area contributed by atoms with Crippen LogP contribution in [0, 0.1) is 0 Å². The van der Waals surface area contributed by atoms with Gasteiger partial charge in [-0.05, 0) is 29.3 Å². The van der Waals surface area contributed by atoms with Crippen LogP contribution in [0.1, 0.15) is 15.9 Å². The summed E-state index contributed by atoms with van der Waals surface area (Å²) in [6.07, 6.45) is 0. The number of amides is 1. The highest BCUT2D eigenvalue weighted by molar-refractivity contribution is 5.94. The fraction of sp³-hybridized carbons (Fsp3) is 0.0500. The summed E-state index contributed by atoms with van der Waals surface area (Å²) in [5.74, 6) is 0.186. The molecular weight excluding hydrogens is 286 g/mol. The minimum Gasteiger partial charge on any atom is -0.488 e. The van der Waals surface area contributed by atoms with Gasteiger partial charge in [0.15, 0.2) is 0 Å². The third-order valence-electron chi connectivity index (χ3n) is 3.59. The van der Waals surface area contributed by atoms with Gasteiger partial charge < -0.3 is 10.5 Å². The zero-order valence-electron chi connectivity index (χ0n) is 12.6. The zero-order chi connectivity index (χ0) is 16.1. The first-order valence-electron chi connectivity index (χ1n) is 7.40. The number of carbonyl (C=O) groups excluding carboxylic acids is 1. The summed E-state index contributed by atoms with van der Waals surface area (Å²) < 4.78 is 5.96. The summed E-state index contributed by atoms with van der Waals surface area (Å²) in [4.78, 5) is 11.4. The molecule has 3 heteroatoms. The Morgan fingerprint density at radius 1 is 0.870 bits per heavy atom. The number of hydrogen-bond acceptors (Lipinski definition) is 2. The van der Waals surface area contributed by atoms with Gasteiger partial charge in [-0.1, -0.05) is 60.7 Å². The molecule has 0 radical (unpaired) electrons. The molecule has 0 atom stereocenters. The molecule has 0 aliphatic heterocycles. The first kappa shape index (κ1) is 14.9. The summed E-state index contributed by atoms with van der Waals surface area (Å²) in [5, 5.41) is 0. The summed E-state index contributed by atoms with van der Waals surface area (Å²) in [7, 11) is 0. The standard InChI is InChI=1S/C20H17NO2/c21-20(22)17-11-12-18(16-9-5-2-6-10-16)19(13-17)23-14-15-7-3-1-4-8-15/h1-13H,14H2,(H2,21,22). The summed E-state index contributed by atoms with van der Waals surface area (Å²) in [6.45, 7) is 0.433. The first-order chi connectivity index (χ1) is 11.2. The Balaban J connectivity index is 1.94. The SMILES string of the molecule is NC(=O)c1ccc(-c2ccccc2)c(OCc2ccccc2)c1. The number of primary amides is 1. The lowest BCUT2D eigenvalue weighted by atomic mass is 10.0. The molecule has 0 saturated carbocycles. The highest BCUT2D eigenvalue weighted by Crippen LogP contribution is 2.31. The second-order valence-electron chi connectivity index (χ2n) is 5.22. The number of ether oxygens (including phenoxy) is 1. The molecule has 114 valence electrons. The van der Waals surface area contributed by atoms with Crippen LogP contribution < -0.4 is 10.5 Å². The van der Waals surface area contributed by atoms with E-state index >= 15 is 0 Å². The maximum Gasteiger partial charge on any atom is 0.248 e. The van der Waals surface area contributed by atoms with Crippen molar-refractivity contribution in [2.24, 2.45) is 5.73 Å². The van der Waals surface area contributed by atoms with E-state index in [1.165, 1.54) is 0 Å². The molecule has 0 bridgehead atoms. The van der Waals surface area contributed by atoms with Crippen molar-refractivity contribution >= 4 is 5.91 Å². The molecule has 1 amide bonds. The van der Waals surface area contributed by atoms with E-state index in [0.717, 1.165) is 16.7 Å². The van der Waals surface area contributed by atoms with E-state index in [0.29, 0.717) is 17.9 Å². The molecule has 3 nitrogen and oxygen atoms in total. The molecule has 0 aromatic heterocycles. The Morgan fingerprint density at radius 2 is 1.52 bits per heavy atom. The molecule has 0 aliphatic rings. The van der Waals surface area contributed by atoms with Gasteiger partial charge in [0.1, 0.15) is 12.4 Å². The quantitative estimate of drug-likeness (QED) is 0.773. The first-order valence-corrected chi connectivity index (χ1v) is 7.40. The van der Waals surface area contributed by atoms with Gasteiger partial charge in [0.05, 0.1) is 0 Å². The van der Waals surface area contributed by atoms with E-state index in [-0.39, 0.29) is 0 Å². The molecular formula is C20H17NO2. The van der Waals surface area contributed by atoms with Crippen LogP contribution in [0.2, 0.25) is 0 Å². The number of benzene rings is 3. The second kappa shape index (κ2) is 6.79. The number of rotatable bonds is 5. The van der Waals surface area contributed by atoms with Crippen molar-refractivity contribution in [3.8, 4) is 16.9 Å². The van der Waals surface area contributed by atoms with E-state index in [2.05, 4.69) is 0 Å². The number of carbonyl (C=O) groups is 1. The third kappa shape index (κ3) is 3.58. The second-order valence-corrected chi connectivity index (χ2v) is 5.22. The van der Waals surface area contributed by atoms with Crippen molar-refractivity contribution in [1.82, 2.24) is 0 Å². The molecule has 23 heavy (non-hydrogen) atoms. The van der Waals surface area contributed by atoms with E-state index in [1.54, 1.807) is 12.1 Å². The summed E-state index contributed by atoms with van der Waals surface area (Å²) >= 11 is 0.